The van der Waals surface area contributed by atoms with Crippen molar-refractivity contribution in [3.05, 3.63) is 0 Å². The average molecular weight is 358 g/mol. The molecule has 2 heterocycles. The van der Waals surface area contributed by atoms with Gasteiger partial charge in [-0.2, -0.15) is 0 Å². The molecule has 3 rings (SSSR count). The van der Waals surface area contributed by atoms with Gasteiger partial charge in [0.15, 0.2) is 0 Å². The van der Waals surface area contributed by atoms with Gasteiger partial charge < -0.3 is 19.7 Å². The van der Waals surface area contributed by atoms with Crippen molar-refractivity contribution in [1.82, 2.24) is 9.80 Å². The maximum Gasteiger partial charge on any atom is 0.323 e. The molecule has 2 N–H and O–H groups in total. The fraction of sp³-hybridized carbons (Fsp3) is 0.882. The highest BCUT2D eigenvalue weighted by Gasteiger charge is 2.48. The molecule has 1 saturated carbocycles. The maximum absolute atomic E-state index is 10.9. The number of aliphatic carboxylic acids is 2. The van der Waals surface area contributed by atoms with Crippen LogP contribution in [0.4, 0.5) is 0 Å². The van der Waals surface area contributed by atoms with Crippen LogP contribution in [-0.2, 0) is 19.1 Å². The standard InChI is InChI=1S/C10H17NO3.C7H13NO3/c1-11-8(9(12)13)7-14-10(11)5-3-2-4-6-10;1-7(2)8(3)5(4-11-7)6(9)10/h8H,2-7H2,1H3,(H,12,13);5H,4H2,1-3H3,(H,9,10)/t8-;5-/m00/s1. The summed E-state index contributed by atoms with van der Waals surface area (Å²) in [5.74, 6) is -1.59. The van der Waals surface area contributed by atoms with E-state index in [4.69, 9.17) is 19.7 Å². The molecule has 2 atom stereocenters. The molecular weight excluding hydrogens is 328 g/mol. The van der Waals surface area contributed by atoms with E-state index in [1.54, 1.807) is 11.9 Å². The summed E-state index contributed by atoms with van der Waals surface area (Å²) < 4.78 is 11.0. The van der Waals surface area contributed by atoms with Crippen molar-refractivity contribution in [3.63, 3.8) is 0 Å². The summed E-state index contributed by atoms with van der Waals surface area (Å²) in [7, 11) is 3.63. The number of rotatable bonds is 2. The Kier molecular flexibility index (Phi) is 6.09. The Morgan fingerprint density at radius 2 is 1.36 bits per heavy atom. The average Bonchev–Trinajstić information content (AvgIpc) is 2.99. The Hall–Kier alpha value is -1.22. The van der Waals surface area contributed by atoms with Crippen LogP contribution in [0.3, 0.4) is 0 Å². The second-order valence-corrected chi connectivity index (χ2v) is 7.51. The normalized spacial score (nSPS) is 31.5. The number of carboxylic acids is 2. The van der Waals surface area contributed by atoms with Crippen molar-refractivity contribution in [2.24, 2.45) is 0 Å². The van der Waals surface area contributed by atoms with Gasteiger partial charge in [0.1, 0.15) is 23.5 Å². The minimum absolute atomic E-state index is 0.263. The smallest absolute Gasteiger partial charge is 0.323 e. The first-order chi connectivity index (χ1) is 11.6. The number of likely N-dealkylation sites (N-methyl/N-ethyl adjacent to an activating group) is 2. The molecule has 0 radical (unpaired) electrons. The Morgan fingerprint density at radius 1 is 0.880 bits per heavy atom. The van der Waals surface area contributed by atoms with Gasteiger partial charge in [-0.15, -0.1) is 0 Å². The number of hydrogen-bond donors (Lipinski definition) is 2. The van der Waals surface area contributed by atoms with E-state index in [2.05, 4.69) is 0 Å². The highest BCUT2D eigenvalue weighted by atomic mass is 16.5. The van der Waals surface area contributed by atoms with E-state index in [1.807, 2.05) is 25.8 Å². The Labute approximate surface area is 148 Å². The molecule has 2 saturated heterocycles. The third kappa shape index (κ3) is 4.13. The molecule has 8 nitrogen and oxygen atoms in total. The fourth-order valence-electron chi connectivity index (χ4n) is 3.68. The topological polar surface area (TPSA) is 99.5 Å². The Morgan fingerprint density at radius 3 is 1.72 bits per heavy atom. The summed E-state index contributed by atoms with van der Waals surface area (Å²) in [5, 5.41) is 17.7. The molecule has 3 fully saturated rings. The molecule has 0 aromatic rings. The first-order valence-electron chi connectivity index (χ1n) is 8.80. The van der Waals surface area contributed by atoms with Crippen LogP contribution in [0.15, 0.2) is 0 Å². The predicted octanol–water partition coefficient (Wildman–Crippen LogP) is 1.20. The first-order valence-corrected chi connectivity index (χ1v) is 8.80. The summed E-state index contributed by atoms with van der Waals surface area (Å²) in [6, 6.07) is -0.946. The van der Waals surface area contributed by atoms with Gasteiger partial charge in [0.05, 0.1) is 13.2 Å². The van der Waals surface area contributed by atoms with Crippen molar-refractivity contribution < 1.29 is 29.3 Å². The SMILES string of the molecule is CN1[C@H](C(=O)O)COC1(C)C.CN1[C@H](C(=O)O)COC12CCCCC2. The molecule has 25 heavy (non-hydrogen) atoms. The van der Waals surface area contributed by atoms with Gasteiger partial charge in [-0.05, 0) is 53.6 Å². The number of hydrogen-bond acceptors (Lipinski definition) is 6. The third-order valence-corrected chi connectivity index (χ3v) is 5.74. The van der Waals surface area contributed by atoms with E-state index in [0.29, 0.717) is 6.61 Å². The minimum Gasteiger partial charge on any atom is -0.480 e. The molecule has 1 spiro atoms. The highest BCUT2D eigenvalue weighted by Crippen LogP contribution is 2.39. The number of nitrogens with zero attached hydrogens (tertiary/aromatic N) is 2. The van der Waals surface area contributed by atoms with Crippen molar-refractivity contribution in [2.45, 2.75) is 69.5 Å². The van der Waals surface area contributed by atoms with Gasteiger partial charge in [0.2, 0.25) is 0 Å². The van der Waals surface area contributed by atoms with Crippen LogP contribution in [0.1, 0.15) is 46.0 Å². The van der Waals surface area contributed by atoms with Crippen molar-refractivity contribution in [1.29, 1.82) is 0 Å². The molecule has 0 amide bonds. The molecule has 3 aliphatic rings. The Balaban J connectivity index is 0.000000186. The summed E-state index contributed by atoms with van der Waals surface area (Å²) in [6.07, 6.45) is 5.50. The molecule has 144 valence electrons. The summed E-state index contributed by atoms with van der Waals surface area (Å²) in [5.41, 5.74) is -0.704. The van der Waals surface area contributed by atoms with Gasteiger partial charge >= 0.3 is 11.9 Å². The van der Waals surface area contributed by atoms with E-state index in [1.165, 1.54) is 6.42 Å². The number of carboxylic acid groups (broad SMARTS) is 2. The summed E-state index contributed by atoms with van der Waals surface area (Å²) in [6.45, 7) is 4.33. The quantitative estimate of drug-likeness (QED) is 0.760. The zero-order chi connectivity index (χ0) is 18.8. The largest absolute Gasteiger partial charge is 0.480 e. The molecule has 0 aromatic heterocycles. The fourth-order valence-corrected chi connectivity index (χ4v) is 3.68. The van der Waals surface area contributed by atoms with Gasteiger partial charge in [-0.3, -0.25) is 19.4 Å². The summed E-state index contributed by atoms with van der Waals surface area (Å²) in [4.78, 5) is 25.1. The molecule has 0 unspecified atom stereocenters. The highest BCUT2D eigenvalue weighted by molar-refractivity contribution is 5.74. The number of carbonyl (C=O) groups is 2. The van der Waals surface area contributed by atoms with Gasteiger partial charge in [-0.25, -0.2) is 0 Å². The van der Waals surface area contributed by atoms with Crippen LogP contribution in [0.5, 0.6) is 0 Å². The minimum atomic E-state index is -0.821. The summed E-state index contributed by atoms with van der Waals surface area (Å²) >= 11 is 0. The van der Waals surface area contributed by atoms with Crippen LogP contribution < -0.4 is 0 Å². The molecular formula is C17H30N2O6. The molecule has 0 bridgehead atoms. The van der Waals surface area contributed by atoms with Gasteiger partial charge in [0, 0.05) is 0 Å². The predicted molar refractivity (Wildman–Crippen MR) is 90.2 cm³/mol. The zero-order valence-corrected chi connectivity index (χ0v) is 15.5. The first kappa shape index (κ1) is 20.1. The molecule has 0 aromatic carbocycles. The van der Waals surface area contributed by atoms with Gasteiger partial charge in [-0.1, -0.05) is 6.42 Å². The van der Waals surface area contributed by atoms with Crippen molar-refractivity contribution in [2.75, 3.05) is 27.3 Å². The van der Waals surface area contributed by atoms with Crippen LogP contribution in [0, 0.1) is 0 Å². The maximum atomic E-state index is 10.9. The van der Waals surface area contributed by atoms with Crippen LogP contribution in [0.25, 0.3) is 0 Å². The van der Waals surface area contributed by atoms with Crippen LogP contribution in [-0.4, -0.2) is 82.8 Å². The van der Waals surface area contributed by atoms with Crippen molar-refractivity contribution in [3.8, 4) is 0 Å². The number of ether oxygens (including phenoxy) is 2. The van der Waals surface area contributed by atoms with E-state index in [0.717, 1.165) is 25.7 Å². The zero-order valence-electron chi connectivity index (χ0n) is 15.5. The van der Waals surface area contributed by atoms with E-state index < -0.39 is 29.7 Å². The lowest BCUT2D eigenvalue weighted by Gasteiger charge is -2.38. The van der Waals surface area contributed by atoms with Gasteiger partial charge in [0.25, 0.3) is 0 Å². The third-order valence-electron chi connectivity index (χ3n) is 5.74. The lowest BCUT2D eigenvalue weighted by molar-refractivity contribution is -0.144. The lowest BCUT2D eigenvalue weighted by Crippen LogP contribution is -2.49. The Bertz CT molecular complexity index is 503. The molecule has 2 aliphatic heterocycles. The molecule has 8 heteroatoms. The monoisotopic (exact) mass is 358 g/mol. The lowest BCUT2D eigenvalue weighted by atomic mass is 9.90. The molecule has 1 aliphatic carbocycles. The second kappa shape index (κ2) is 7.57. The van der Waals surface area contributed by atoms with E-state index in [-0.39, 0.29) is 12.3 Å². The van der Waals surface area contributed by atoms with E-state index >= 15 is 0 Å². The van der Waals surface area contributed by atoms with Crippen LogP contribution in [0.2, 0.25) is 0 Å². The second-order valence-electron chi connectivity index (χ2n) is 7.51. The van der Waals surface area contributed by atoms with Crippen LogP contribution >= 0.6 is 0 Å². The van der Waals surface area contributed by atoms with E-state index in [9.17, 15) is 9.59 Å². The van der Waals surface area contributed by atoms with Crippen molar-refractivity contribution >= 4 is 11.9 Å².